The maximum absolute atomic E-state index is 12.5. The molecule has 0 fully saturated rings. The molecule has 0 radical (unpaired) electrons. The van der Waals surface area contributed by atoms with Crippen molar-refractivity contribution in [2.75, 3.05) is 11.6 Å². The average Bonchev–Trinajstić information content (AvgIpc) is 3.13. The Labute approximate surface area is 157 Å². The predicted molar refractivity (Wildman–Crippen MR) is 107 cm³/mol. The van der Waals surface area contributed by atoms with E-state index in [9.17, 15) is 13.2 Å². The summed E-state index contributed by atoms with van der Waals surface area (Å²) in [5.41, 5.74) is 4.57. The van der Waals surface area contributed by atoms with Gasteiger partial charge in [-0.1, -0.05) is 48.5 Å². The number of anilines is 1. The third-order valence-corrected chi connectivity index (χ3v) is 5.84. The lowest BCUT2D eigenvalue weighted by Gasteiger charge is -2.06. The number of hydrogen-bond acceptors (Lipinski definition) is 3. The number of para-hydroxylation sites is 1. The number of benzene rings is 2. The summed E-state index contributed by atoms with van der Waals surface area (Å²) in [7, 11) is -3.46. The van der Waals surface area contributed by atoms with Gasteiger partial charge in [-0.05, 0) is 24.6 Å². The fourth-order valence-corrected chi connectivity index (χ4v) is 4.73. The van der Waals surface area contributed by atoms with Crippen LogP contribution in [-0.2, 0) is 14.6 Å². The highest BCUT2D eigenvalue weighted by molar-refractivity contribution is 7.91. The normalized spacial score (nSPS) is 15.0. The SMILES string of the molecule is Cc1[nH]c(C=C2C(=O)Nc3ccccc32)c(-c2ccccc2)c1S(C)(=O)=O. The molecule has 2 aromatic carbocycles. The van der Waals surface area contributed by atoms with Gasteiger partial charge in [0.1, 0.15) is 0 Å². The number of aromatic amines is 1. The van der Waals surface area contributed by atoms with Crippen molar-refractivity contribution in [1.29, 1.82) is 0 Å². The number of carbonyl (C=O) groups is 1. The van der Waals surface area contributed by atoms with Crippen LogP contribution in [0, 0.1) is 6.92 Å². The molecule has 0 unspecified atom stereocenters. The van der Waals surface area contributed by atoms with Crippen molar-refractivity contribution in [2.24, 2.45) is 0 Å². The van der Waals surface area contributed by atoms with Crippen LogP contribution in [0.25, 0.3) is 22.8 Å². The molecule has 1 aliphatic rings. The summed E-state index contributed by atoms with van der Waals surface area (Å²) >= 11 is 0. The number of aryl methyl sites for hydroxylation is 1. The number of carbonyl (C=O) groups excluding carboxylic acids is 1. The molecule has 0 bridgehead atoms. The molecule has 0 saturated heterocycles. The zero-order valence-corrected chi connectivity index (χ0v) is 15.7. The van der Waals surface area contributed by atoms with Crippen molar-refractivity contribution < 1.29 is 13.2 Å². The van der Waals surface area contributed by atoms with E-state index in [2.05, 4.69) is 10.3 Å². The van der Waals surface area contributed by atoms with Crippen LogP contribution in [0.4, 0.5) is 5.69 Å². The molecule has 0 spiro atoms. The van der Waals surface area contributed by atoms with Crippen LogP contribution in [0.1, 0.15) is 17.0 Å². The number of H-pyrrole nitrogens is 1. The summed E-state index contributed by atoms with van der Waals surface area (Å²) < 4.78 is 24.9. The molecule has 4 rings (SSSR count). The van der Waals surface area contributed by atoms with Gasteiger partial charge in [0.15, 0.2) is 9.84 Å². The Morgan fingerprint density at radius 2 is 1.63 bits per heavy atom. The van der Waals surface area contributed by atoms with Gasteiger partial charge in [-0.3, -0.25) is 4.79 Å². The Hall–Kier alpha value is -3.12. The Bertz CT molecular complexity index is 1190. The second-order valence-electron chi connectivity index (χ2n) is 6.56. The molecule has 6 heteroatoms. The molecule has 136 valence electrons. The lowest BCUT2D eigenvalue weighted by atomic mass is 10.0. The Balaban J connectivity index is 1.99. The molecule has 1 amide bonds. The average molecular weight is 378 g/mol. The lowest BCUT2D eigenvalue weighted by Crippen LogP contribution is -2.03. The van der Waals surface area contributed by atoms with E-state index in [-0.39, 0.29) is 10.8 Å². The van der Waals surface area contributed by atoms with Gasteiger partial charge >= 0.3 is 0 Å². The van der Waals surface area contributed by atoms with E-state index in [1.165, 1.54) is 6.26 Å². The topological polar surface area (TPSA) is 79.0 Å². The number of amides is 1. The van der Waals surface area contributed by atoms with Gasteiger partial charge in [-0.2, -0.15) is 0 Å². The van der Waals surface area contributed by atoms with Crippen LogP contribution in [0.3, 0.4) is 0 Å². The fraction of sp³-hybridized carbons (Fsp3) is 0.0952. The van der Waals surface area contributed by atoms with Crippen molar-refractivity contribution in [2.45, 2.75) is 11.8 Å². The second kappa shape index (κ2) is 6.25. The number of hydrogen-bond donors (Lipinski definition) is 2. The minimum atomic E-state index is -3.46. The summed E-state index contributed by atoms with van der Waals surface area (Å²) in [6, 6.07) is 16.8. The van der Waals surface area contributed by atoms with Crippen LogP contribution in [0.2, 0.25) is 0 Å². The summed E-state index contributed by atoms with van der Waals surface area (Å²) in [5.74, 6) is -0.205. The molecule has 1 aromatic heterocycles. The smallest absolute Gasteiger partial charge is 0.256 e. The first kappa shape index (κ1) is 17.3. The monoisotopic (exact) mass is 378 g/mol. The Morgan fingerprint density at radius 3 is 2.33 bits per heavy atom. The Morgan fingerprint density at radius 1 is 0.963 bits per heavy atom. The van der Waals surface area contributed by atoms with E-state index in [1.54, 1.807) is 13.0 Å². The summed E-state index contributed by atoms with van der Waals surface area (Å²) in [6.07, 6.45) is 2.93. The molecule has 2 N–H and O–H groups in total. The first-order chi connectivity index (χ1) is 12.9. The van der Waals surface area contributed by atoms with Gasteiger partial charge in [0, 0.05) is 34.5 Å². The maximum atomic E-state index is 12.5. The van der Waals surface area contributed by atoms with Crippen LogP contribution in [0.5, 0.6) is 0 Å². The van der Waals surface area contributed by atoms with Gasteiger partial charge < -0.3 is 10.3 Å². The van der Waals surface area contributed by atoms with E-state index >= 15 is 0 Å². The summed E-state index contributed by atoms with van der Waals surface area (Å²) in [6.45, 7) is 1.73. The third-order valence-electron chi connectivity index (χ3n) is 4.59. The summed E-state index contributed by atoms with van der Waals surface area (Å²) in [4.78, 5) is 15.9. The van der Waals surface area contributed by atoms with Gasteiger partial charge in [0.25, 0.3) is 5.91 Å². The minimum absolute atomic E-state index is 0.205. The van der Waals surface area contributed by atoms with Crippen molar-refractivity contribution >= 4 is 33.1 Å². The molecule has 5 nitrogen and oxygen atoms in total. The molecule has 0 atom stereocenters. The van der Waals surface area contributed by atoms with Gasteiger partial charge in [0.05, 0.1) is 10.5 Å². The van der Waals surface area contributed by atoms with Crippen LogP contribution in [0.15, 0.2) is 59.5 Å². The molecule has 2 heterocycles. The van der Waals surface area contributed by atoms with E-state index in [0.29, 0.717) is 22.5 Å². The zero-order valence-electron chi connectivity index (χ0n) is 14.9. The number of aromatic nitrogens is 1. The standard InChI is InChI=1S/C21H18N2O3S/c1-13-20(27(2,25)26)19(14-8-4-3-5-9-14)18(22-13)12-16-15-10-6-7-11-17(15)23-21(16)24/h3-12,22H,1-2H3,(H,23,24). The molecule has 3 aromatic rings. The van der Waals surface area contributed by atoms with E-state index < -0.39 is 9.84 Å². The fourth-order valence-electron chi connectivity index (χ4n) is 3.52. The molecular weight excluding hydrogens is 360 g/mol. The maximum Gasteiger partial charge on any atom is 0.256 e. The zero-order chi connectivity index (χ0) is 19.2. The highest BCUT2D eigenvalue weighted by atomic mass is 32.2. The first-order valence-corrected chi connectivity index (χ1v) is 10.4. The first-order valence-electron chi connectivity index (χ1n) is 8.47. The number of rotatable bonds is 3. The van der Waals surface area contributed by atoms with Crippen molar-refractivity contribution in [1.82, 2.24) is 4.98 Å². The number of fused-ring (bicyclic) bond motifs is 1. The second-order valence-corrected chi connectivity index (χ2v) is 8.52. The van der Waals surface area contributed by atoms with Crippen LogP contribution >= 0.6 is 0 Å². The third kappa shape index (κ3) is 2.98. The van der Waals surface area contributed by atoms with E-state index in [4.69, 9.17) is 0 Å². The van der Waals surface area contributed by atoms with Crippen molar-refractivity contribution in [3.63, 3.8) is 0 Å². The van der Waals surface area contributed by atoms with Gasteiger partial charge in [0.2, 0.25) is 0 Å². The minimum Gasteiger partial charge on any atom is -0.357 e. The van der Waals surface area contributed by atoms with Crippen LogP contribution in [-0.4, -0.2) is 25.6 Å². The highest BCUT2D eigenvalue weighted by Gasteiger charge is 2.27. The molecule has 0 aliphatic carbocycles. The van der Waals surface area contributed by atoms with Gasteiger partial charge in [-0.15, -0.1) is 0 Å². The molecule has 27 heavy (non-hydrogen) atoms. The van der Waals surface area contributed by atoms with Crippen molar-refractivity contribution in [3.8, 4) is 11.1 Å². The molecular formula is C21H18N2O3S. The van der Waals surface area contributed by atoms with Crippen LogP contribution < -0.4 is 5.32 Å². The Kier molecular flexibility index (Phi) is 4.00. The van der Waals surface area contributed by atoms with Gasteiger partial charge in [-0.25, -0.2) is 8.42 Å². The largest absolute Gasteiger partial charge is 0.357 e. The number of sulfone groups is 1. The summed E-state index contributed by atoms with van der Waals surface area (Å²) in [5, 5.41) is 2.84. The lowest BCUT2D eigenvalue weighted by molar-refractivity contribution is -0.110. The predicted octanol–water partition coefficient (Wildman–Crippen LogP) is 3.89. The van der Waals surface area contributed by atoms with E-state index in [0.717, 1.165) is 16.8 Å². The highest BCUT2D eigenvalue weighted by Crippen LogP contribution is 2.38. The van der Waals surface area contributed by atoms with Crippen molar-refractivity contribution in [3.05, 3.63) is 71.5 Å². The quantitative estimate of drug-likeness (QED) is 0.679. The van der Waals surface area contributed by atoms with E-state index in [1.807, 2.05) is 54.6 Å². The molecule has 0 saturated carbocycles. The number of nitrogens with one attached hydrogen (secondary N) is 2. The molecule has 1 aliphatic heterocycles.